The van der Waals surface area contributed by atoms with Gasteiger partial charge >= 0.3 is 6.03 Å². The van der Waals surface area contributed by atoms with Gasteiger partial charge in [-0.2, -0.15) is 0 Å². The Morgan fingerprint density at radius 2 is 1.58 bits per heavy atom. The molecule has 0 aliphatic carbocycles. The second kappa shape index (κ2) is 5.01. The molecule has 72 valence electrons. The van der Waals surface area contributed by atoms with Crippen molar-refractivity contribution in [2.45, 2.75) is 52.6 Å². The van der Waals surface area contributed by atoms with Crippen LogP contribution in [0.3, 0.4) is 0 Å². The first-order valence-corrected chi connectivity index (χ1v) is 4.62. The molecule has 0 heterocycles. The molecule has 0 bridgehead atoms. The largest absolute Gasteiger partial charge is 0.351 e. The zero-order valence-electron chi connectivity index (χ0n) is 8.50. The fourth-order valence-corrected chi connectivity index (χ4v) is 1.26. The summed E-state index contributed by atoms with van der Waals surface area (Å²) in [6.07, 6.45) is 1.90. The van der Waals surface area contributed by atoms with Gasteiger partial charge in [0.25, 0.3) is 0 Å². The fourth-order valence-electron chi connectivity index (χ4n) is 1.26. The lowest BCUT2D eigenvalue weighted by atomic mass is 10.1. The van der Waals surface area contributed by atoms with Gasteiger partial charge in [-0.1, -0.05) is 13.8 Å². The maximum Gasteiger partial charge on any atom is 0.315 e. The van der Waals surface area contributed by atoms with Crippen LogP contribution in [0.2, 0.25) is 0 Å². The molecule has 0 aliphatic rings. The molecular formula is C9H20N2O. The number of urea groups is 1. The molecular weight excluding hydrogens is 152 g/mol. The number of carbonyl (C=O) groups is 1. The van der Waals surface area contributed by atoms with E-state index in [-0.39, 0.29) is 18.1 Å². The summed E-state index contributed by atoms with van der Waals surface area (Å²) in [5.74, 6) is 0. The second-order valence-electron chi connectivity index (χ2n) is 3.26. The van der Waals surface area contributed by atoms with Gasteiger partial charge in [-0.05, 0) is 26.7 Å². The molecule has 0 aliphatic heterocycles. The molecule has 2 N–H and O–H groups in total. The lowest BCUT2D eigenvalue weighted by Gasteiger charge is -2.32. The van der Waals surface area contributed by atoms with E-state index in [1.54, 1.807) is 4.90 Å². The molecule has 0 fully saturated rings. The maximum absolute atomic E-state index is 11.0. The minimum Gasteiger partial charge on any atom is -0.351 e. The second-order valence-corrected chi connectivity index (χ2v) is 3.26. The number of hydrogen-bond acceptors (Lipinski definition) is 1. The number of hydrogen-bond donors (Lipinski definition) is 1. The molecule has 12 heavy (non-hydrogen) atoms. The summed E-state index contributed by atoms with van der Waals surface area (Å²) >= 11 is 0. The summed E-state index contributed by atoms with van der Waals surface area (Å²) in [6.45, 7) is 8.17. The van der Waals surface area contributed by atoms with Crippen molar-refractivity contribution in [3.05, 3.63) is 0 Å². The van der Waals surface area contributed by atoms with Crippen LogP contribution in [0, 0.1) is 0 Å². The number of rotatable bonds is 4. The average molecular weight is 172 g/mol. The van der Waals surface area contributed by atoms with Crippen molar-refractivity contribution in [2.75, 3.05) is 0 Å². The molecule has 3 heteroatoms. The van der Waals surface area contributed by atoms with E-state index < -0.39 is 0 Å². The molecule has 2 amide bonds. The Morgan fingerprint density at radius 3 is 1.75 bits per heavy atom. The Hall–Kier alpha value is -0.730. The summed E-state index contributed by atoms with van der Waals surface area (Å²) in [4.78, 5) is 12.8. The normalized spacial score (nSPS) is 15.3. The first-order chi connectivity index (χ1) is 5.54. The molecule has 0 spiro atoms. The molecule has 0 rings (SSSR count). The number of nitrogens with two attached hydrogens (primary N) is 1. The molecule has 0 radical (unpaired) electrons. The van der Waals surface area contributed by atoms with Gasteiger partial charge in [-0.25, -0.2) is 4.79 Å². The minimum atomic E-state index is -0.307. The molecule has 2 unspecified atom stereocenters. The highest BCUT2D eigenvalue weighted by Crippen LogP contribution is 2.10. The van der Waals surface area contributed by atoms with E-state index in [1.807, 2.05) is 13.8 Å². The van der Waals surface area contributed by atoms with Gasteiger partial charge in [0.15, 0.2) is 0 Å². The molecule has 2 atom stereocenters. The Bertz CT molecular complexity index is 137. The van der Waals surface area contributed by atoms with E-state index in [2.05, 4.69) is 13.8 Å². The first kappa shape index (κ1) is 11.3. The van der Waals surface area contributed by atoms with Crippen molar-refractivity contribution in [2.24, 2.45) is 5.73 Å². The number of nitrogens with zero attached hydrogens (tertiary/aromatic N) is 1. The molecule has 0 saturated heterocycles. The van der Waals surface area contributed by atoms with Crippen molar-refractivity contribution in [1.29, 1.82) is 0 Å². The topological polar surface area (TPSA) is 46.3 Å². The smallest absolute Gasteiger partial charge is 0.315 e. The van der Waals surface area contributed by atoms with E-state index in [4.69, 9.17) is 5.73 Å². The Labute approximate surface area is 74.9 Å². The van der Waals surface area contributed by atoms with Crippen LogP contribution >= 0.6 is 0 Å². The van der Waals surface area contributed by atoms with Crippen LogP contribution in [-0.4, -0.2) is 23.0 Å². The third-order valence-corrected chi connectivity index (χ3v) is 2.39. The number of carbonyl (C=O) groups excluding carboxylic acids is 1. The lowest BCUT2D eigenvalue weighted by molar-refractivity contribution is 0.159. The minimum absolute atomic E-state index is 0.248. The third-order valence-electron chi connectivity index (χ3n) is 2.39. The van der Waals surface area contributed by atoms with Gasteiger partial charge in [0, 0.05) is 12.1 Å². The van der Waals surface area contributed by atoms with Crippen LogP contribution in [0.4, 0.5) is 4.79 Å². The highest BCUT2D eigenvalue weighted by Gasteiger charge is 2.20. The van der Waals surface area contributed by atoms with Crippen LogP contribution in [-0.2, 0) is 0 Å². The van der Waals surface area contributed by atoms with Gasteiger partial charge in [0.2, 0.25) is 0 Å². The molecule has 0 aromatic rings. The van der Waals surface area contributed by atoms with Gasteiger partial charge in [0.05, 0.1) is 0 Å². The van der Waals surface area contributed by atoms with Gasteiger partial charge in [-0.15, -0.1) is 0 Å². The predicted octanol–water partition coefficient (Wildman–Crippen LogP) is 1.96. The first-order valence-electron chi connectivity index (χ1n) is 4.62. The van der Waals surface area contributed by atoms with Crippen LogP contribution in [0.1, 0.15) is 40.5 Å². The highest BCUT2D eigenvalue weighted by atomic mass is 16.2. The van der Waals surface area contributed by atoms with Crippen molar-refractivity contribution in [1.82, 2.24) is 4.90 Å². The zero-order valence-corrected chi connectivity index (χ0v) is 8.50. The Kier molecular flexibility index (Phi) is 4.71. The third kappa shape index (κ3) is 2.72. The summed E-state index contributed by atoms with van der Waals surface area (Å²) in [6, 6.07) is 0.189. The van der Waals surface area contributed by atoms with Crippen LogP contribution in [0.25, 0.3) is 0 Å². The fraction of sp³-hybridized carbons (Fsp3) is 0.889. The summed E-state index contributed by atoms with van der Waals surface area (Å²) < 4.78 is 0. The molecule has 0 aromatic carbocycles. The van der Waals surface area contributed by atoms with Crippen LogP contribution in [0.5, 0.6) is 0 Å². The van der Waals surface area contributed by atoms with E-state index in [0.717, 1.165) is 12.8 Å². The van der Waals surface area contributed by atoms with Crippen molar-refractivity contribution in [3.8, 4) is 0 Å². The maximum atomic E-state index is 11.0. The number of primary amides is 1. The summed E-state index contributed by atoms with van der Waals surface area (Å²) in [5, 5.41) is 0. The van der Waals surface area contributed by atoms with Gasteiger partial charge in [-0.3, -0.25) is 0 Å². The SMILES string of the molecule is CCC(C)N(C(N)=O)C(C)CC. The average Bonchev–Trinajstić information content (AvgIpc) is 2.03. The molecule has 3 nitrogen and oxygen atoms in total. The molecule has 0 saturated carbocycles. The van der Waals surface area contributed by atoms with Crippen LogP contribution < -0.4 is 5.73 Å². The van der Waals surface area contributed by atoms with Gasteiger partial charge < -0.3 is 10.6 Å². The molecule has 0 aromatic heterocycles. The van der Waals surface area contributed by atoms with Crippen molar-refractivity contribution in [3.63, 3.8) is 0 Å². The van der Waals surface area contributed by atoms with Crippen LogP contribution in [0.15, 0.2) is 0 Å². The summed E-state index contributed by atoms with van der Waals surface area (Å²) in [7, 11) is 0. The lowest BCUT2D eigenvalue weighted by Crippen LogP contribution is -2.47. The highest BCUT2D eigenvalue weighted by molar-refractivity contribution is 5.72. The zero-order chi connectivity index (χ0) is 9.72. The Morgan fingerprint density at radius 1 is 1.25 bits per heavy atom. The van der Waals surface area contributed by atoms with Crippen molar-refractivity contribution < 1.29 is 4.79 Å². The van der Waals surface area contributed by atoms with Crippen molar-refractivity contribution >= 4 is 6.03 Å². The Balaban J connectivity index is 4.32. The van der Waals surface area contributed by atoms with E-state index in [9.17, 15) is 4.79 Å². The van der Waals surface area contributed by atoms with E-state index in [0.29, 0.717) is 0 Å². The number of amides is 2. The van der Waals surface area contributed by atoms with Gasteiger partial charge in [0.1, 0.15) is 0 Å². The standard InChI is InChI=1S/C9H20N2O/c1-5-7(3)11(9(10)12)8(4)6-2/h7-8H,5-6H2,1-4H3,(H2,10,12). The quantitative estimate of drug-likeness (QED) is 0.692. The van der Waals surface area contributed by atoms with E-state index >= 15 is 0 Å². The monoisotopic (exact) mass is 172 g/mol. The van der Waals surface area contributed by atoms with E-state index in [1.165, 1.54) is 0 Å². The summed E-state index contributed by atoms with van der Waals surface area (Å²) in [5.41, 5.74) is 5.28. The predicted molar refractivity (Wildman–Crippen MR) is 50.9 cm³/mol.